The number of carbonyl (C=O) groups is 1. The van der Waals surface area contributed by atoms with E-state index in [9.17, 15) is 9.90 Å². The average molecular weight is 437 g/mol. The lowest BCUT2D eigenvalue weighted by Gasteiger charge is -2.62. The number of rotatable bonds is 4. The van der Waals surface area contributed by atoms with Gasteiger partial charge in [-0.2, -0.15) is 0 Å². The van der Waals surface area contributed by atoms with Gasteiger partial charge in [0.05, 0.1) is 36.7 Å². The molecule has 1 spiro atoms. The normalized spacial score (nSPS) is 34.2. The monoisotopic (exact) mass is 436 g/mol. The van der Waals surface area contributed by atoms with Crippen molar-refractivity contribution in [3.05, 3.63) is 53.5 Å². The summed E-state index contributed by atoms with van der Waals surface area (Å²) < 4.78 is 17.4. The van der Waals surface area contributed by atoms with Crippen molar-refractivity contribution in [1.82, 2.24) is 10.2 Å². The van der Waals surface area contributed by atoms with E-state index in [1.807, 2.05) is 19.2 Å². The van der Waals surface area contributed by atoms with Crippen LogP contribution in [0.1, 0.15) is 36.0 Å². The first-order valence-corrected chi connectivity index (χ1v) is 11.3. The SMILES string of the molecule is COc1ccc2c3c1O[C@H]1[C@H](N(C)C(=O)/C=C/c4ccoc4)CC[C@@]4(O)[C@@H](C2)NCC[C@]314. The Bertz CT molecular complexity index is 1100. The Balaban J connectivity index is 1.42. The molecule has 0 unspecified atom stereocenters. The van der Waals surface area contributed by atoms with Crippen molar-refractivity contribution >= 4 is 12.0 Å². The van der Waals surface area contributed by atoms with Crippen LogP contribution in [0.5, 0.6) is 11.5 Å². The highest BCUT2D eigenvalue weighted by Crippen LogP contribution is 2.64. The molecule has 1 aromatic carbocycles. The molecule has 2 bridgehead atoms. The average Bonchev–Trinajstić information content (AvgIpc) is 3.42. The quantitative estimate of drug-likeness (QED) is 0.716. The molecule has 2 aromatic rings. The summed E-state index contributed by atoms with van der Waals surface area (Å²) in [5, 5.41) is 15.7. The largest absolute Gasteiger partial charge is 0.493 e. The predicted octanol–water partition coefficient (Wildman–Crippen LogP) is 2.27. The minimum absolute atomic E-state index is 0.0165. The van der Waals surface area contributed by atoms with Crippen molar-refractivity contribution in [3.63, 3.8) is 0 Å². The van der Waals surface area contributed by atoms with Crippen LogP contribution in [0.3, 0.4) is 0 Å². The number of ether oxygens (including phenoxy) is 2. The number of benzene rings is 1. The van der Waals surface area contributed by atoms with Crippen LogP contribution in [0.25, 0.3) is 6.08 Å². The third-order valence-electron chi connectivity index (χ3n) is 8.26. The zero-order valence-corrected chi connectivity index (χ0v) is 18.3. The van der Waals surface area contributed by atoms with E-state index in [-0.39, 0.29) is 24.1 Å². The van der Waals surface area contributed by atoms with Crippen molar-refractivity contribution in [3.8, 4) is 11.5 Å². The minimum Gasteiger partial charge on any atom is -0.493 e. The lowest BCUT2D eigenvalue weighted by atomic mass is 9.48. The first kappa shape index (κ1) is 19.9. The second-order valence-electron chi connectivity index (χ2n) is 9.47. The van der Waals surface area contributed by atoms with Crippen molar-refractivity contribution in [2.75, 3.05) is 20.7 Å². The van der Waals surface area contributed by atoms with Gasteiger partial charge in [-0.1, -0.05) is 6.07 Å². The van der Waals surface area contributed by atoms with Crippen molar-refractivity contribution in [2.45, 2.75) is 54.9 Å². The molecule has 2 fully saturated rings. The molecule has 1 aromatic heterocycles. The second kappa shape index (κ2) is 6.86. The van der Waals surface area contributed by atoms with Gasteiger partial charge in [0.15, 0.2) is 11.5 Å². The van der Waals surface area contributed by atoms with Gasteiger partial charge in [0.2, 0.25) is 5.91 Å². The lowest BCUT2D eigenvalue weighted by molar-refractivity contribution is -0.171. The summed E-state index contributed by atoms with van der Waals surface area (Å²) in [6, 6.07) is 5.71. The Labute approximate surface area is 187 Å². The smallest absolute Gasteiger partial charge is 0.246 e. The molecule has 168 valence electrons. The second-order valence-corrected chi connectivity index (χ2v) is 9.47. The first-order valence-electron chi connectivity index (χ1n) is 11.3. The van der Waals surface area contributed by atoms with Gasteiger partial charge in [0.1, 0.15) is 6.10 Å². The van der Waals surface area contributed by atoms with Crippen LogP contribution in [0, 0.1) is 0 Å². The van der Waals surface area contributed by atoms with Gasteiger partial charge in [-0.25, -0.2) is 0 Å². The molecule has 32 heavy (non-hydrogen) atoms. The van der Waals surface area contributed by atoms with Gasteiger partial charge in [-0.3, -0.25) is 4.79 Å². The molecule has 1 saturated carbocycles. The van der Waals surface area contributed by atoms with Gasteiger partial charge < -0.3 is 29.2 Å². The summed E-state index contributed by atoms with van der Waals surface area (Å²) in [4.78, 5) is 14.9. The van der Waals surface area contributed by atoms with E-state index < -0.39 is 11.0 Å². The summed E-state index contributed by atoms with van der Waals surface area (Å²) in [6.45, 7) is 0.813. The van der Waals surface area contributed by atoms with E-state index in [4.69, 9.17) is 13.9 Å². The molecule has 7 heteroatoms. The summed E-state index contributed by atoms with van der Waals surface area (Å²) in [6.07, 6.45) is 9.02. The summed E-state index contributed by atoms with van der Waals surface area (Å²) in [5.41, 5.74) is 1.69. The first-order chi connectivity index (χ1) is 15.5. The number of nitrogens with one attached hydrogen (secondary N) is 1. The minimum atomic E-state index is -0.909. The molecule has 1 saturated heterocycles. The van der Waals surface area contributed by atoms with Crippen LogP contribution in [0.2, 0.25) is 0 Å². The number of methoxy groups -OCH3 is 1. The molecule has 3 heterocycles. The molecule has 6 rings (SSSR count). The van der Waals surface area contributed by atoms with Crippen LogP contribution >= 0.6 is 0 Å². The van der Waals surface area contributed by atoms with Gasteiger partial charge >= 0.3 is 0 Å². The highest BCUT2D eigenvalue weighted by molar-refractivity contribution is 5.91. The maximum atomic E-state index is 13.1. The molecular formula is C25H28N2O5. The highest BCUT2D eigenvalue weighted by Gasteiger charge is 2.72. The number of piperidine rings is 1. The predicted molar refractivity (Wildman–Crippen MR) is 118 cm³/mol. The Morgan fingerprint density at radius 2 is 2.22 bits per heavy atom. The van der Waals surface area contributed by atoms with Crippen LogP contribution in [-0.4, -0.2) is 60.4 Å². The summed E-state index contributed by atoms with van der Waals surface area (Å²) in [7, 11) is 3.48. The Morgan fingerprint density at radius 1 is 1.34 bits per heavy atom. The number of nitrogens with zero attached hydrogens (tertiary/aromatic N) is 1. The van der Waals surface area contributed by atoms with E-state index >= 15 is 0 Å². The summed E-state index contributed by atoms with van der Waals surface area (Å²) in [5.74, 6) is 1.35. The van der Waals surface area contributed by atoms with E-state index in [2.05, 4.69) is 11.4 Å². The number of carbonyl (C=O) groups excluding carboxylic acids is 1. The van der Waals surface area contributed by atoms with E-state index in [0.29, 0.717) is 18.6 Å². The van der Waals surface area contributed by atoms with E-state index in [1.54, 1.807) is 36.7 Å². The molecule has 7 nitrogen and oxygen atoms in total. The lowest BCUT2D eigenvalue weighted by Crippen LogP contribution is -2.77. The number of hydrogen-bond donors (Lipinski definition) is 2. The molecule has 5 atom stereocenters. The van der Waals surface area contributed by atoms with Crippen molar-refractivity contribution in [1.29, 1.82) is 0 Å². The fourth-order valence-corrected chi connectivity index (χ4v) is 6.78. The number of hydrogen-bond acceptors (Lipinski definition) is 6. The molecule has 2 N–H and O–H groups in total. The van der Waals surface area contributed by atoms with Crippen LogP contribution in [-0.2, 0) is 16.6 Å². The third-order valence-corrected chi connectivity index (χ3v) is 8.26. The molecule has 4 aliphatic rings. The van der Waals surface area contributed by atoms with Crippen LogP contribution < -0.4 is 14.8 Å². The summed E-state index contributed by atoms with van der Waals surface area (Å²) >= 11 is 0. The van der Waals surface area contributed by atoms with E-state index in [0.717, 1.165) is 36.3 Å². The number of likely N-dealkylation sites (N-methyl/N-ethyl adjacent to an activating group) is 1. The standard InChI is InChI=1S/C25H28N2O5/c1-27(20(28)6-3-15-8-12-31-14-15)17-7-9-25(29)19-13-16-4-5-18(30-2)22-21(16)24(25,10-11-26-19)23(17)32-22/h3-6,8,12,14,17,19,23,26,29H,7,9-11,13H2,1-2H3/b6-3+/t17-,19-,23+,24+,25-/m1/s1. The maximum Gasteiger partial charge on any atom is 0.246 e. The maximum absolute atomic E-state index is 13.1. The fraction of sp³-hybridized carbons (Fsp3) is 0.480. The third kappa shape index (κ3) is 2.41. The Kier molecular flexibility index (Phi) is 4.26. The highest BCUT2D eigenvalue weighted by atomic mass is 16.5. The zero-order valence-electron chi connectivity index (χ0n) is 18.3. The Morgan fingerprint density at radius 3 is 3.00 bits per heavy atom. The van der Waals surface area contributed by atoms with E-state index in [1.165, 1.54) is 5.56 Å². The topological polar surface area (TPSA) is 84.2 Å². The molecule has 0 radical (unpaired) electrons. The fourth-order valence-electron chi connectivity index (χ4n) is 6.78. The van der Waals surface area contributed by atoms with Crippen LogP contribution in [0.15, 0.2) is 41.2 Å². The van der Waals surface area contributed by atoms with Crippen LogP contribution in [0.4, 0.5) is 0 Å². The van der Waals surface area contributed by atoms with Gasteiger partial charge in [0, 0.05) is 30.3 Å². The molecule has 2 aliphatic carbocycles. The molecular weight excluding hydrogens is 408 g/mol. The molecule has 1 amide bonds. The van der Waals surface area contributed by atoms with Crippen molar-refractivity contribution in [2.24, 2.45) is 0 Å². The van der Waals surface area contributed by atoms with Gasteiger partial charge in [0.25, 0.3) is 0 Å². The number of amides is 1. The van der Waals surface area contributed by atoms with Gasteiger partial charge in [-0.05, 0) is 56.0 Å². The Hall–Kier alpha value is -2.77. The van der Waals surface area contributed by atoms with Gasteiger partial charge in [-0.15, -0.1) is 0 Å². The number of furan rings is 1. The van der Waals surface area contributed by atoms with Crippen molar-refractivity contribution < 1.29 is 23.8 Å². The molecule has 2 aliphatic heterocycles. The number of aliphatic hydroxyl groups is 1. The zero-order chi connectivity index (χ0) is 22.1.